The summed E-state index contributed by atoms with van der Waals surface area (Å²) < 4.78 is 40.2. The van der Waals surface area contributed by atoms with Gasteiger partial charge in [0.15, 0.2) is 5.82 Å². The second-order valence-corrected chi connectivity index (χ2v) is 8.24. The lowest BCUT2D eigenvalue weighted by Gasteiger charge is -2.44. The Balaban J connectivity index is 1.58. The van der Waals surface area contributed by atoms with Crippen LogP contribution in [0.25, 0.3) is 0 Å². The zero-order chi connectivity index (χ0) is 24.6. The number of rotatable bonds is 4. The Morgan fingerprint density at radius 3 is 2.65 bits per heavy atom. The number of hydrogen-bond acceptors (Lipinski definition) is 5. The van der Waals surface area contributed by atoms with Crippen molar-refractivity contribution in [3.05, 3.63) is 52.7 Å². The number of amides is 3. The van der Waals surface area contributed by atoms with Crippen LogP contribution in [0, 0.1) is 6.92 Å². The zero-order valence-electron chi connectivity index (χ0n) is 18.7. The molecule has 0 aliphatic carbocycles. The van der Waals surface area contributed by atoms with E-state index >= 15 is 0 Å². The van der Waals surface area contributed by atoms with E-state index in [2.05, 4.69) is 15.6 Å². The first-order chi connectivity index (χ1) is 16.1. The van der Waals surface area contributed by atoms with Crippen molar-refractivity contribution < 1.29 is 27.6 Å². The Morgan fingerprint density at radius 1 is 1.21 bits per heavy atom. The third kappa shape index (κ3) is 4.17. The number of hydrogen-bond donors (Lipinski definition) is 2. The summed E-state index contributed by atoms with van der Waals surface area (Å²) in [4.78, 5) is 45.7. The summed E-state index contributed by atoms with van der Waals surface area (Å²) in [5.74, 6) is -1.01. The standard InChI is InChI=1S/C23H24F3N5O3/c1-3-8-27-20(32)15-11-28-19-18(13(15)2)29-21(33)17-12-30(9-10-31(17)19)22(34)14-6-4-5-7-16(14)23(24,25)26/h4-7,11,17H,3,8-10,12H2,1-2H3,(H,27,32)(H,29,33). The predicted octanol–water partition coefficient (Wildman–Crippen LogP) is 2.83. The van der Waals surface area contributed by atoms with Crippen LogP contribution in [0.2, 0.25) is 0 Å². The van der Waals surface area contributed by atoms with E-state index in [0.29, 0.717) is 29.2 Å². The van der Waals surface area contributed by atoms with Gasteiger partial charge in [0.25, 0.3) is 11.8 Å². The van der Waals surface area contributed by atoms with Gasteiger partial charge in [0.2, 0.25) is 5.91 Å². The number of piperazine rings is 1. The van der Waals surface area contributed by atoms with Crippen LogP contribution in [0.3, 0.4) is 0 Å². The molecule has 1 atom stereocenters. The van der Waals surface area contributed by atoms with Crippen molar-refractivity contribution in [2.75, 3.05) is 36.4 Å². The lowest BCUT2D eigenvalue weighted by molar-refractivity contribution is -0.138. The van der Waals surface area contributed by atoms with Crippen molar-refractivity contribution >= 4 is 29.2 Å². The maximum Gasteiger partial charge on any atom is 0.417 e. The SMILES string of the molecule is CCCNC(=O)c1cnc2c(c1C)NC(=O)C1CN(C(=O)c3ccccc3C(F)(F)F)CCN21. The molecule has 4 rings (SSSR count). The normalized spacial score (nSPS) is 17.6. The van der Waals surface area contributed by atoms with Gasteiger partial charge in [-0.3, -0.25) is 14.4 Å². The minimum absolute atomic E-state index is 0.0875. The van der Waals surface area contributed by atoms with Crippen LogP contribution in [-0.4, -0.2) is 59.8 Å². The molecule has 1 fully saturated rings. The number of nitrogens with one attached hydrogen (secondary N) is 2. The molecule has 0 spiro atoms. The number of halogens is 3. The minimum atomic E-state index is -4.67. The number of alkyl halides is 3. The van der Waals surface area contributed by atoms with Crippen LogP contribution in [-0.2, 0) is 11.0 Å². The lowest BCUT2D eigenvalue weighted by Crippen LogP contribution is -2.61. The summed E-state index contributed by atoms with van der Waals surface area (Å²) in [6, 6.07) is 3.81. The van der Waals surface area contributed by atoms with Crippen LogP contribution in [0.1, 0.15) is 45.2 Å². The number of fused-ring (bicyclic) bond motifs is 3. The molecule has 0 radical (unpaired) electrons. The second-order valence-electron chi connectivity index (χ2n) is 8.24. The highest BCUT2D eigenvalue weighted by molar-refractivity contribution is 6.07. The summed E-state index contributed by atoms with van der Waals surface area (Å²) in [5.41, 5.74) is -0.108. The van der Waals surface area contributed by atoms with E-state index in [0.717, 1.165) is 18.6 Å². The summed E-state index contributed by atoms with van der Waals surface area (Å²) in [6.45, 7) is 4.40. The molecule has 2 N–H and O–H groups in total. The molecule has 0 saturated carbocycles. The van der Waals surface area contributed by atoms with E-state index in [1.54, 1.807) is 11.8 Å². The van der Waals surface area contributed by atoms with Crippen molar-refractivity contribution in [3.63, 3.8) is 0 Å². The highest BCUT2D eigenvalue weighted by Crippen LogP contribution is 2.37. The maximum atomic E-state index is 13.4. The summed E-state index contributed by atoms with van der Waals surface area (Å²) >= 11 is 0. The van der Waals surface area contributed by atoms with Gasteiger partial charge in [-0.2, -0.15) is 13.2 Å². The van der Waals surface area contributed by atoms with E-state index < -0.39 is 35.2 Å². The van der Waals surface area contributed by atoms with Crippen LogP contribution in [0.4, 0.5) is 24.7 Å². The Hall–Kier alpha value is -3.63. The number of pyridine rings is 1. The Morgan fingerprint density at radius 2 is 1.94 bits per heavy atom. The smallest absolute Gasteiger partial charge is 0.352 e. The molecule has 3 heterocycles. The average molecular weight is 475 g/mol. The van der Waals surface area contributed by atoms with Gasteiger partial charge in [-0.1, -0.05) is 19.1 Å². The predicted molar refractivity (Wildman–Crippen MR) is 119 cm³/mol. The molecule has 2 aromatic rings. The van der Waals surface area contributed by atoms with Crippen molar-refractivity contribution in [3.8, 4) is 0 Å². The maximum absolute atomic E-state index is 13.4. The summed E-state index contributed by atoms with van der Waals surface area (Å²) in [6.07, 6.45) is -2.44. The number of benzene rings is 1. The number of anilines is 2. The van der Waals surface area contributed by atoms with E-state index in [4.69, 9.17) is 0 Å². The third-order valence-corrected chi connectivity index (χ3v) is 6.05. The van der Waals surface area contributed by atoms with Gasteiger partial charge in [0.05, 0.1) is 28.9 Å². The molecule has 3 amide bonds. The van der Waals surface area contributed by atoms with Crippen molar-refractivity contribution in [2.24, 2.45) is 0 Å². The van der Waals surface area contributed by atoms with Gasteiger partial charge < -0.3 is 20.4 Å². The molecule has 0 bridgehead atoms. The van der Waals surface area contributed by atoms with Crippen molar-refractivity contribution in [2.45, 2.75) is 32.5 Å². The first kappa shape index (κ1) is 23.5. The lowest BCUT2D eigenvalue weighted by atomic mass is 10.0. The van der Waals surface area contributed by atoms with Crippen molar-refractivity contribution in [1.82, 2.24) is 15.2 Å². The monoisotopic (exact) mass is 475 g/mol. The van der Waals surface area contributed by atoms with Gasteiger partial charge in [0, 0.05) is 25.8 Å². The number of aromatic nitrogens is 1. The molecule has 11 heteroatoms. The number of nitrogens with zero attached hydrogens (tertiary/aromatic N) is 3. The zero-order valence-corrected chi connectivity index (χ0v) is 18.7. The fourth-order valence-electron chi connectivity index (χ4n) is 4.26. The fourth-order valence-corrected chi connectivity index (χ4v) is 4.26. The summed E-state index contributed by atoms with van der Waals surface area (Å²) in [5, 5.41) is 5.56. The van der Waals surface area contributed by atoms with Crippen LogP contribution in [0.5, 0.6) is 0 Å². The fraction of sp³-hybridized carbons (Fsp3) is 0.391. The van der Waals surface area contributed by atoms with Crippen molar-refractivity contribution in [1.29, 1.82) is 0 Å². The molecule has 1 aromatic heterocycles. The number of carbonyl (C=O) groups excluding carboxylic acids is 3. The summed E-state index contributed by atoms with van der Waals surface area (Å²) in [7, 11) is 0. The molecule has 1 saturated heterocycles. The third-order valence-electron chi connectivity index (χ3n) is 6.05. The van der Waals surface area contributed by atoms with E-state index in [1.165, 1.54) is 23.2 Å². The Labute approximate surface area is 194 Å². The van der Waals surface area contributed by atoms with Gasteiger partial charge in [0.1, 0.15) is 6.04 Å². The molecule has 2 aliphatic rings. The quantitative estimate of drug-likeness (QED) is 0.709. The Bertz CT molecular complexity index is 1150. The highest BCUT2D eigenvalue weighted by Gasteiger charge is 2.42. The molecule has 8 nitrogen and oxygen atoms in total. The van der Waals surface area contributed by atoms with E-state index in [9.17, 15) is 27.6 Å². The van der Waals surface area contributed by atoms with E-state index in [-0.39, 0.29) is 25.5 Å². The molecule has 1 aromatic carbocycles. The molecule has 1 unspecified atom stereocenters. The van der Waals surface area contributed by atoms with E-state index in [1.807, 2.05) is 6.92 Å². The van der Waals surface area contributed by atoms with Gasteiger partial charge in [-0.05, 0) is 31.0 Å². The first-order valence-corrected chi connectivity index (χ1v) is 10.9. The molecule has 34 heavy (non-hydrogen) atoms. The van der Waals surface area contributed by atoms with Gasteiger partial charge >= 0.3 is 6.18 Å². The topological polar surface area (TPSA) is 94.6 Å². The largest absolute Gasteiger partial charge is 0.417 e. The number of carbonyl (C=O) groups is 3. The molecule has 180 valence electrons. The van der Waals surface area contributed by atoms with Crippen LogP contribution >= 0.6 is 0 Å². The van der Waals surface area contributed by atoms with Gasteiger partial charge in [-0.15, -0.1) is 0 Å². The first-order valence-electron chi connectivity index (χ1n) is 10.9. The van der Waals surface area contributed by atoms with Crippen LogP contribution in [0.15, 0.2) is 30.5 Å². The van der Waals surface area contributed by atoms with Crippen LogP contribution < -0.4 is 15.5 Å². The highest BCUT2D eigenvalue weighted by atomic mass is 19.4. The molecular weight excluding hydrogens is 451 g/mol. The average Bonchev–Trinajstić information content (AvgIpc) is 2.82. The Kier molecular flexibility index (Phi) is 6.20. The van der Waals surface area contributed by atoms with Gasteiger partial charge in [-0.25, -0.2) is 4.98 Å². The second kappa shape index (κ2) is 8.96. The minimum Gasteiger partial charge on any atom is -0.352 e. The molecular formula is C23H24F3N5O3. The molecule has 2 aliphatic heterocycles.